The second kappa shape index (κ2) is 5.82. The number of aromatic nitrogens is 1. The summed E-state index contributed by atoms with van der Waals surface area (Å²) >= 11 is 0. The van der Waals surface area contributed by atoms with Gasteiger partial charge in [0.25, 0.3) is 0 Å². The molecule has 0 aromatic carbocycles. The van der Waals surface area contributed by atoms with Crippen molar-refractivity contribution >= 4 is 5.82 Å². The summed E-state index contributed by atoms with van der Waals surface area (Å²) in [6.07, 6.45) is 5.61. The van der Waals surface area contributed by atoms with Gasteiger partial charge in [-0.2, -0.15) is 0 Å². The van der Waals surface area contributed by atoms with Crippen LogP contribution in [-0.2, 0) is 0 Å². The van der Waals surface area contributed by atoms with Crippen LogP contribution in [0.3, 0.4) is 0 Å². The fourth-order valence-corrected chi connectivity index (χ4v) is 4.70. The fraction of sp³-hybridized carbons (Fsp3) is 0.722. The number of rotatable bonds is 2. The van der Waals surface area contributed by atoms with Crippen LogP contribution in [0.2, 0.25) is 0 Å². The molecule has 1 aromatic heterocycles. The monoisotopic (exact) mass is 300 g/mol. The van der Waals surface area contributed by atoms with Crippen LogP contribution >= 0.6 is 0 Å². The molecule has 120 valence electrons. The predicted molar refractivity (Wildman–Crippen MR) is 90.4 cm³/mol. The van der Waals surface area contributed by atoms with Crippen LogP contribution in [-0.4, -0.2) is 66.1 Å². The van der Waals surface area contributed by atoms with Crippen molar-refractivity contribution in [3.8, 4) is 0 Å². The molecule has 4 heteroatoms. The third kappa shape index (κ3) is 2.63. The van der Waals surface area contributed by atoms with Crippen molar-refractivity contribution in [2.45, 2.75) is 50.7 Å². The van der Waals surface area contributed by atoms with Gasteiger partial charge in [0, 0.05) is 50.0 Å². The molecule has 3 fully saturated rings. The highest BCUT2D eigenvalue weighted by molar-refractivity contribution is 5.39. The summed E-state index contributed by atoms with van der Waals surface area (Å²) in [5.41, 5.74) is 1.12. The van der Waals surface area contributed by atoms with Crippen molar-refractivity contribution in [1.82, 2.24) is 14.8 Å². The lowest BCUT2D eigenvalue weighted by atomic mass is 9.96. The Kier molecular flexibility index (Phi) is 3.82. The molecule has 4 nitrogen and oxygen atoms in total. The number of fused-ring (bicyclic) bond motifs is 2. The lowest BCUT2D eigenvalue weighted by Gasteiger charge is -2.45. The summed E-state index contributed by atoms with van der Waals surface area (Å²) in [6, 6.07) is 8.87. The molecule has 0 aliphatic carbocycles. The van der Waals surface area contributed by atoms with Crippen LogP contribution in [0, 0.1) is 6.92 Å². The highest BCUT2D eigenvalue weighted by Crippen LogP contribution is 2.36. The molecular weight excluding hydrogens is 272 g/mol. The third-order valence-corrected chi connectivity index (χ3v) is 6.10. The zero-order valence-corrected chi connectivity index (χ0v) is 13.9. The fourth-order valence-electron chi connectivity index (χ4n) is 4.70. The lowest BCUT2D eigenvalue weighted by Crippen LogP contribution is -2.55. The Balaban J connectivity index is 1.36. The minimum atomic E-state index is 0.821. The molecule has 3 saturated heterocycles. The normalized spacial score (nSPS) is 33.4. The number of piperazine rings is 1. The Morgan fingerprint density at radius 3 is 2.27 bits per heavy atom. The van der Waals surface area contributed by atoms with E-state index in [0.717, 1.165) is 42.7 Å². The van der Waals surface area contributed by atoms with Gasteiger partial charge in [-0.3, -0.25) is 4.90 Å². The molecule has 0 amide bonds. The Labute approximate surface area is 134 Å². The van der Waals surface area contributed by atoms with Crippen molar-refractivity contribution in [1.29, 1.82) is 0 Å². The van der Waals surface area contributed by atoms with Gasteiger partial charge in [-0.05, 0) is 51.8 Å². The van der Waals surface area contributed by atoms with Crippen LogP contribution in [0.5, 0.6) is 0 Å². The van der Waals surface area contributed by atoms with Crippen LogP contribution in [0.25, 0.3) is 0 Å². The summed E-state index contributed by atoms with van der Waals surface area (Å²) < 4.78 is 0. The molecule has 0 radical (unpaired) electrons. The van der Waals surface area contributed by atoms with E-state index in [1.54, 1.807) is 0 Å². The first-order valence-corrected chi connectivity index (χ1v) is 8.85. The van der Waals surface area contributed by atoms with E-state index in [-0.39, 0.29) is 0 Å². The Bertz CT molecular complexity index is 510. The highest BCUT2D eigenvalue weighted by atomic mass is 15.3. The molecule has 22 heavy (non-hydrogen) atoms. The topological polar surface area (TPSA) is 22.6 Å². The summed E-state index contributed by atoms with van der Waals surface area (Å²) in [7, 11) is 2.33. The number of hydrogen-bond acceptors (Lipinski definition) is 4. The van der Waals surface area contributed by atoms with E-state index >= 15 is 0 Å². The van der Waals surface area contributed by atoms with Crippen LogP contribution < -0.4 is 4.90 Å². The molecule has 3 aliphatic heterocycles. The SMILES string of the molecule is Cc1cccc(N2CCN(C3CC4CCC(C3)N4C)CC2)n1. The standard InChI is InChI=1S/C18H28N4/c1-14-4-3-5-18(19-14)22-10-8-21(9-11-22)17-12-15-6-7-16(13-17)20(15)2/h3-5,15-17H,6-13H2,1-2H3. The Morgan fingerprint density at radius 2 is 1.64 bits per heavy atom. The van der Waals surface area contributed by atoms with E-state index in [1.165, 1.54) is 38.8 Å². The molecule has 0 saturated carbocycles. The quantitative estimate of drug-likeness (QED) is 0.834. The first kappa shape index (κ1) is 14.5. The van der Waals surface area contributed by atoms with Crippen LogP contribution in [0.4, 0.5) is 5.82 Å². The minimum absolute atomic E-state index is 0.821. The van der Waals surface area contributed by atoms with E-state index < -0.39 is 0 Å². The first-order chi connectivity index (χ1) is 10.7. The molecule has 4 heterocycles. The van der Waals surface area contributed by atoms with Crippen molar-refractivity contribution in [2.75, 3.05) is 38.1 Å². The van der Waals surface area contributed by atoms with Gasteiger partial charge in [-0.15, -0.1) is 0 Å². The maximum atomic E-state index is 4.68. The number of pyridine rings is 1. The number of piperidine rings is 1. The molecule has 1 aromatic rings. The van der Waals surface area contributed by atoms with Crippen molar-refractivity contribution < 1.29 is 0 Å². The molecule has 0 spiro atoms. The molecule has 3 aliphatic rings. The van der Waals surface area contributed by atoms with Gasteiger partial charge >= 0.3 is 0 Å². The maximum Gasteiger partial charge on any atom is 0.128 e. The first-order valence-electron chi connectivity index (χ1n) is 8.85. The van der Waals surface area contributed by atoms with E-state index in [1.807, 2.05) is 0 Å². The van der Waals surface area contributed by atoms with Crippen molar-refractivity contribution in [3.63, 3.8) is 0 Å². The van der Waals surface area contributed by atoms with E-state index in [9.17, 15) is 0 Å². The van der Waals surface area contributed by atoms with E-state index in [0.29, 0.717) is 0 Å². The predicted octanol–water partition coefficient (Wildman–Crippen LogP) is 2.14. The molecule has 2 atom stereocenters. The Hall–Kier alpha value is -1.13. The second-order valence-electron chi connectivity index (χ2n) is 7.34. The maximum absolute atomic E-state index is 4.68. The average molecular weight is 300 g/mol. The minimum Gasteiger partial charge on any atom is -0.354 e. The summed E-state index contributed by atoms with van der Waals surface area (Å²) in [4.78, 5) is 12.5. The van der Waals surface area contributed by atoms with Gasteiger partial charge in [-0.25, -0.2) is 4.98 Å². The molecule has 2 unspecified atom stereocenters. The number of aryl methyl sites for hydroxylation is 1. The molecule has 4 rings (SSSR count). The van der Waals surface area contributed by atoms with Crippen LogP contribution in [0.1, 0.15) is 31.4 Å². The smallest absolute Gasteiger partial charge is 0.128 e. The van der Waals surface area contributed by atoms with Crippen molar-refractivity contribution in [3.05, 3.63) is 23.9 Å². The molecular formula is C18H28N4. The van der Waals surface area contributed by atoms with Gasteiger partial charge in [0.15, 0.2) is 0 Å². The van der Waals surface area contributed by atoms with E-state index in [4.69, 9.17) is 0 Å². The van der Waals surface area contributed by atoms with E-state index in [2.05, 4.69) is 51.9 Å². The Morgan fingerprint density at radius 1 is 0.955 bits per heavy atom. The van der Waals surface area contributed by atoms with Crippen LogP contribution in [0.15, 0.2) is 18.2 Å². The van der Waals surface area contributed by atoms with Gasteiger partial charge in [-0.1, -0.05) is 6.07 Å². The molecule has 0 N–H and O–H groups in total. The summed E-state index contributed by atoms with van der Waals surface area (Å²) in [6.45, 7) is 6.72. The largest absolute Gasteiger partial charge is 0.354 e. The summed E-state index contributed by atoms with van der Waals surface area (Å²) in [5.74, 6) is 1.16. The zero-order chi connectivity index (χ0) is 15.1. The second-order valence-corrected chi connectivity index (χ2v) is 7.34. The number of nitrogens with zero attached hydrogens (tertiary/aromatic N) is 4. The zero-order valence-electron chi connectivity index (χ0n) is 13.9. The third-order valence-electron chi connectivity index (χ3n) is 6.10. The van der Waals surface area contributed by atoms with Gasteiger partial charge in [0.2, 0.25) is 0 Å². The lowest BCUT2D eigenvalue weighted by molar-refractivity contribution is 0.0718. The summed E-state index contributed by atoms with van der Waals surface area (Å²) in [5, 5.41) is 0. The van der Waals surface area contributed by atoms with Gasteiger partial charge in [0.1, 0.15) is 5.82 Å². The highest BCUT2D eigenvalue weighted by Gasteiger charge is 2.40. The van der Waals surface area contributed by atoms with Crippen molar-refractivity contribution in [2.24, 2.45) is 0 Å². The number of anilines is 1. The van der Waals surface area contributed by atoms with Gasteiger partial charge < -0.3 is 9.80 Å². The number of hydrogen-bond donors (Lipinski definition) is 0. The average Bonchev–Trinajstić information content (AvgIpc) is 2.76. The molecule has 2 bridgehead atoms. The van der Waals surface area contributed by atoms with Gasteiger partial charge in [0.05, 0.1) is 0 Å².